The SMILES string of the molecule is CCC1CCCN1S(=O)(=O)c1ccc2c(c1)oc(=O)n2C. The summed E-state index contributed by atoms with van der Waals surface area (Å²) in [6.45, 7) is 2.55. The Morgan fingerprint density at radius 1 is 1.38 bits per heavy atom. The van der Waals surface area contributed by atoms with Gasteiger partial charge in [0.25, 0.3) is 0 Å². The Labute approximate surface area is 123 Å². The molecule has 7 heteroatoms. The topological polar surface area (TPSA) is 72.5 Å². The van der Waals surface area contributed by atoms with Gasteiger partial charge in [-0.05, 0) is 31.4 Å². The molecule has 2 heterocycles. The van der Waals surface area contributed by atoms with Gasteiger partial charge >= 0.3 is 5.76 Å². The molecule has 1 atom stereocenters. The molecule has 1 aliphatic heterocycles. The molecule has 1 aromatic heterocycles. The zero-order valence-corrected chi connectivity index (χ0v) is 12.9. The smallest absolute Gasteiger partial charge is 0.408 e. The van der Waals surface area contributed by atoms with Crippen LogP contribution in [0.3, 0.4) is 0 Å². The van der Waals surface area contributed by atoms with Crippen LogP contribution in [0.2, 0.25) is 0 Å². The van der Waals surface area contributed by atoms with Gasteiger partial charge in [0.2, 0.25) is 10.0 Å². The van der Waals surface area contributed by atoms with Crippen LogP contribution in [0.5, 0.6) is 0 Å². The molecule has 1 fully saturated rings. The highest BCUT2D eigenvalue weighted by molar-refractivity contribution is 7.89. The molecule has 1 unspecified atom stereocenters. The predicted molar refractivity (Wildman–Crippen MR) is 78.7 cm³/mol. The number of nitrogens with zero attached hydrogens (tertiary/aromatic N) is 2. The van der Waals surface area contributed by atoms with E-state index in [1.165, 1.54) is 16.7 Å². The van der Waals surface area contributed by atoms with Gasteiger partial charge in [-0.25, -0.2) is 13.2 Å². The van der Waals surface area contributed by atoms with Crippen LogP contribution in [0.15, 0.2) is 32.3 Å². The Hall–Kier alpha value is -1.60. The van der Waals surface area contributed by atoms with E-state index in [-0.39, 0.29) is 10.9 Å². The third kappa shape index (κ3) is 2.20. The number of oxazole rings is 1. The minimum absolute atomic E-state index is 0.0634. The van der Waals surface area contributed by atoms with Crippen molar-refractivity contribution in [3.05, 3.63) is 28.7 Å². The highest BCUT2D eigenvalue weighted by Gasteiger charge is 2.34. The molecule has 1 aliphatic rings. The summed E-state index contributed by atoms with van der Waals surface area (Å²) in [6.07, 6.45) is 2.60. The first-order valence-corrected chi connectivity index (χ1v) is 8.50. The van der Waals surface area contributed by atoms with Crippen molar-refractivity contribution in [1.29, 1.82) is 0 Å². The van der Waals surface area contributed by atoms with Crippen molar-refractivity contribution in [2.75, 3.05) is 6.54 Å². The van der Waals surface area contributed by atoms with Crippen molar-refractivity contribution >= 4 is 21.1 Å². The molecule has 0 N–H and O–H groups in total. The number of aromatic nitrogens is 1. The molecule has 0 saturated carbocycles. The Bertz CT molecular complexity index is 834. The van der Waals surface area contributed by atoms with Crippen molar-refractivity contribution in [3.63, 3.8) is 0 Å². The maximum atomic E-state index is 12.7. The fraction of sp³-hybridized carbons (Fsp3) is 0.500. The van der Waals surface area contributed by atoms with E-state index in [0.29, 0.717) is 17.6 Å². The van der Waals surface area contributed by atoms with Crippen molar-refractivity contribution in [1.82, 2.24) is 8.87 Å². The molecule has 0 aliphatic carbocycles. The molecule has 1 saturated heterocycles. The van der Waals surface area contributed by atoms with Gasteiger partial charge in [-0.1, -0.05) is 6.92 Å². The lowest BCUT2D eigenvalue weighted by atomic mass is 10.2. The molecule has 21 heavy (non-hydrogen) atoms. The molecule has 114 valence electrons. The summed E-state index contributed by atoms with van der Waals surface area (Å²) in [4.78, 5) is 11.7. The first-order valence-electron chi connectivity index (χ1n) is 7.06. The number of benzene rings is 1. The van der Waals surface area contributed by atoms with E-state index >= 15 is 0 Å². The van der Waals surface area contributed by atoms with Crippen LogP contribution in [0.4, 0.5) is 0 Å². The molecule has 0 spiro atoms. The zero-order chi connectivity index (χ0) is 15.2. The Morgan fingerprint density at radius 3 is 2.86 bits per heavy atom. The van der Waals surface area contributed by atoms with Gasteiger partial charge in [0.15, 0.2) is 5.58 Å². The monoisotopic (exact) mass is 310 g/mol. The lowest BCUT2D eigenvalue weighted by molar-refractivity contribution is 0.379. The second-order valence-electron chi connectivity index (χ2n) is 5.38. The second kappa shape index (κ2) is 4.99. The predicted octanol–water partition coefficient (Wildman–Crippen LogP) is 1.69. The molecule has 6 nitrogen and oxygen atoms in total. The van der Waals surface area contributed by atoms with Gasteiger partial charge in [0.1, 0.15) is 0 Å². The number of hydrogen-bond acceptors (Lipinski definition) is 4. The maximum Gasteiger partial charge on any atom is 0.419 e. The fourth-order valence-electron chi connectivity index (χ4n) is 2.94. The van der Waals surface area contributed by atoms with E-state index in [1.54, 1.807) is 17.4 Å². The number of rotatable bonds is 3. The normalized spacial score (nSPS) is 20.4. The van der Waals surface area contributed by atoms with Crippen LogP contribution in [0.1, 0.15) is 26.2 Å². The molecule has 0 bridgehead atoms. The average Bonchev–Trinajstić information content (AvgIpc) is 3.04. The third-order valence-electron chi connectivity index (χ3n) is 4.16. The quantitative estimate of drug-likeness (QED) is 0.865. The van der Waals surface area contributed by atoms with Crippen LogP contribution in [0, 0.1) is 0 Å². The Kier molecular flexibility index (Phi) is 3.41. The Balaban J connectivity index is 2.09. The first-order chi connectivity index (χ1) is 9.95. The summed E-state index contributed by atoms with van der Waals surface area (Å²) in [5, 5.41) is 0. The summed E-state index contributed by atoms with van der Waals surface area (Å²) < 4.78 is 33.5. The van der Waals surface area contributed by atoms with Crippen LogP contribution >= 0.6 is 0 Å². The summed E-state index contributed by atoms with van der Waals surface area (Å²) in [5.41, 5.74) is 0.892. The number of aryl methyl sites for hydroxylation is 1. The first kappa shape index (κ1) is 14.3. The highest BCUT2D eigenvalue weighted by atomic mass is 32.2. The maximum absolute atomic E-state index is 12.7. The van der Waals surface area contributed by atoms with E-state index < -0.39 is 15.8 Å². The van der Waals surface area contributed by atoms with Crippen LogP contribution in [0.25, 0.3) is 11.1 Å². The average molecular weight is 310 g/mol. The molecule has 0 radical (unpaired) electrons. The second-order valence-corrected chi connectivity index (χ2v) is 7.27. The van der Waals surface area contributed by atoms with Crippen LogP contribution in [-0.4, -0.2) is 29.9 Å². The molecule has 1 aromatic carbocycles. The van der Waals surface area contributed by atoms with Crippen molar-refractivity contribution < 1.29 is 12.8 Å². The summed E-state index contributed by atoms with van der Waals surface area (Å²) in [5.74, 6) is -0.493. The third-order valence-corrected chi connectivity index (χ3v) is 6.11. The van der Waals surface area contributed by atoms with E-state index in [0.717, 1.165) is 19.3 Å². The molecular weight excluding hydrogens is 292 g/mol. The number of fused-ring (bicyclic) bond motifs is 1. The van der Waals surface area contributed by atoms with Gasteiger partial charge < -0.3 is 4.42 Å². The van der Waals surface area contributed by atoms with Gasteiger partial charge in [-0.15, -0.1) is 0 Å². The van der Waals surface area contributed by atoms with Crippen LogP contribution < -0.4 is 5.76 Å². The largest absolute Gasteiger partial charge is 0.419 e. The minimum Gasteiger partial charge on any atom is -0.408 e. The van der Waals surface area contributed by atoms with Crippen molar-refractivity contribution in [3.8, 4) is 0 Å². The standard InChI is InChI=1S/C14H18N2O4S/c1-3-10-5-4-8-16(10)21(18,19)11-6-7-12-13(9-11)20-14(17)15(12)2/h6-7,9-10H,3-5,8H2,1-2H3. The highest BCUT2D eigenvalue weighted by Crippen LogP contribution is 2.29. The summed E-state index contributed by atoms with van der Waals surface area (Å²) >= 11 is 0. The minimum atomic E-state index is -3.53. The van der Waals surface area contributed by atoms with Gasteiger partial charge in [-0.2, -0.15) is 4.31 Å². The van der Waals surface area contributed by atoms with Crippen LogP contribution in [-0.2, 0) is 17.1 Å². The fourth-order valence-corrected chi connectivity index (χ4v) is 4.73. The van der Waals surface area contributed by atoms with E-state index in [2.05, 4.69) is 0 Å². The van der Waals surface area contributed by atoms with Gasteiger partial charge in [0.05, 0.1) is 10.4 Å². The van der Waals surface area contributed by atoms with Gasteiger partial charge in [0, 0.05) is 25.7 Å². The number of sulfonamides is 1. The van der Waals surface area contributed by atoms with Gasteiger partial charge in [-0.3, -0.25) is 4.57 Å². The van der Waals surface area contributed by atoms with E-state index in [1.807, 2.05) is 6.92 Å². The lowest BCUT2D eigenvalue weighted by Crippen LogP contribution is -2.35. The molecule has 3 rings (SSSR count). The van der Waals surface area contributed by atoms with E-state index in [4.69, 9.17) is 4.42 Å². The molecular formula is C14H18N2O4S. The lowest BCUT2D eigenvalue weighted by Gasteiger charge is -2.22. The summed E-state index contributed by atoms with van der Waals surface area (Å²) in [6, 6.07) is 4.66. The van der Waals surface area contributed by atoms with Crippen molar-refractivity contribution in [2.45, 2.75) is 37.1 Å². The Morgan fingerprint density at radius 2 is 2.14 bits per heavy atom. The van der Waals surface area contributed by atoms with E-state index in [9.17, 15) is 13.2 Å². The molecule has 2 aromatic rings. The zero-order valence-electron chi connectivity index (χ0n) is 12.1. The van der Waals surface area contributed by atoms with Crippen molar-refractivity contribution in [2.24, 2.45) is 7.05 Å². The molecule has 0 amide bonds. The number of hydrogen-bond donors (Lipinski definition) is 0. The summed E-state index contributed by atoms with van der Waals surface area (Å²) in [7, 11) is -1.94.